The molecule has 1 N–H and O–H groups in total. The molecule has 7 rings (SSSR count). The lowest BCUT2D eigenvalue weighted by atomic mass is 9.57. The molecule has 3 heteroatoms. The summed E-state index contributed by atoms with van der Waals surface area (Å²) in [7, 11) is 0. The minimum Gasteiger partial charge on any atom is -0.347 e. The lowest BCUT2D eigenvalue weighted by Crippen LogP contribution is -2.62. The van der Waals surface area contributed by atoms with E-state index in [4.69, 9.17) is 9.47 Å². The Bertz CT molecular complexity index is 538. The van der Waals surface area contributed by atoms with Crippen molar-refractivity contribution in [3.8, 4) is 0 Å². The van der Waals surface area contributed by atoms with E-state index in [1.165, 1.54) is 45.1 Å². The molecule has 7 aliphatic rings. The van der Waals surface area contributed by atoms with Gasteiger partial charge in [-0.25, -0.2) is 0 Å². The summed E-state index contributed by atoms with van der Waals surface area (Å²) in [5.41, 5.74) is 0. The van der Waals surface area contributed by atoms with Crippen molar-refractivity contribution in [2.75, 3.05) is 19.8 Å². The Hall–Kier alpha value is -0.120. The fourth-order valence-electron chi connectivity index (χ4n) is 9.28. The van der Waals surface area contributed by atoms with Gasteiger partial charge in [0, 0.05) is 17.9 Å². The van der Waals surface area contributed by atoms with E-state index in [9.17, 15) is 0 Å². The quantitative estimate of drug-likeness (QED) is 0.868. The molecule has 0 aromatic heterocycles. The highest BCUT2D eigenvalue weighted by Crippen LogP contribution is 2.86. The standard InChI is InChI=1S/C20H29NO2/c1-2-4-10(5-3-1)9-21-19-15-11-8-12-14-13(11)16(19)18(14)20(17(12)15)22-6-7-23-20/h10-19,21H,1-9H2/t11-,12+,13-,14+,15+,16-,17-,18+,19-/m0/s1. The monoisotopic (exact) mass is 315 g/mol. The van der Waals surface area contributed by atoms with Crippen molar-refractivity contribution in [1.29, 1.82) is 0 Å². The van der Waals surface area contributed by atoms with E-state index < -0.39 is 0 Å². The van der Waals surface area contributed by atoms with Gasteiger partial charge in [-0.05, 0) is 67.2 Å². The second kappa shape index (κ2) is 4.16. The van der Waals surface area contributed by atoms with Gasteiger partial charge >= 0.3 is 0 Å². The lowest BCUT2D eigenvalue weighted by Gasteiger charge is -2.54. The van der Waals surface area contributed by atoms with E-state index in [0.717, 1.165) is 72.5 Å². The number of ether oxygens (including phenoxy) is 2. The maximum Gasteiger partial charge on any atom is 0.175 e. The number of hydrogen-bond acceptors (Lipinski definition) is 3. The number of nitrogens with one attached hydrogen (secondary N) is 1. The zero-order chi connectivity index (χ0) is 14.8. The van der Waals surface area contributed by atoms with Crippen LogP contribution in [0.1, 0.15) is 38.5 Å². The van der Waals surface area contributed by atoms with Crippen molar-refractivity contribution in [3.05, 3.63) is 0 Å². The Morgan fingerprint density at radius 1 is 0.826 bits per heavy atom. The fourth-order valence-corrected chi connectivity index (χ4v) is 9.28. The molecule has 23 heavy (non-hydrogen) atoms. The van der Waals surface area contributed by atoms with Crippen molar-refractivity contribution in [2.45, 2.75) is 50.4 Å². The first-order valence-electron chi connectivity index (χ1n) is 10.4. The molecule has 0 aromatic rings. The van der Waals surface area contributed by atoms with Crippen LogP contribution in [-0.4, -0.2) is 31.6 Å². The van der Waals surface area contributed by atoms with E-state index in [-0.39, 0.29) is 5.79 Å². The van der Waals surface area contributed by atoms with E-state index in [1.807, 2.05) is 0 Å². The maximum absolute atomic E-state index is 6.36. The third kappa shape index (κ3) is 1.29. The molecule has 0 aromatic carbocycles. The Morgan fingerprint density at radius 2 is 1.65 bits per heavy atom. The minimum absolute atomic E-state index is 0.116. The second-order valence-electron chi connectivity index (χ2n) is 9.78. The van der Waals surface area contributed by atoms with Crippen LogP contribution < -0.4 is 5.32 Å². The van der Waals surface area contributed by atoms with E-state index in [0.29, 0.717) is 0 Å². The van der Waals surface area contributed by atoms with Gasteiger partial charge in [0.2, 0.25) is 0 Å². The van der Waals surface area contributed by atoms with Gasteiger partial charge in [0.15, 0.2) is 5.79 Å². The van der Waals surface area contributed by atoms with Crippen LogP contribution in [0.5, 0.6) is 0 Å². The van der Waals surface area contributed by atoms with E-state index in [2.05, 4.69) is 5.32 Å². The van der Waals surface area contributed by atoms with Crippen LogP contribution in [0.15, 0.2) is 0 Å². The summed E-state index contributed by atoms with van der Waals surface area (Å²) in [5.74, 6) is 8.10. The molecular formula is C20H29NO2. The molecule has 3 nitrogen and oxygen atoms in total. The van der Waals surface area contributed by atoms with Gasteiger partial charge < -0.3 is 14.8 Å². The average molecular weight is 315 g/mol. The van der Waals surface area contributed by atoms with Crippen molar-refractivity contribution in [2.24, 2.45) is 53.3 Å². The summed E-state index contributed by atoms with van der Waals surface area (Å²) >= 11 is 0. The number of fused-ring (bicyclic) bond motifs is 4. The van der Waals surface area contributed by atoms with Crippen molar-refractivity contribution in [1.82, 2.24) is 5.32 Å². The molecule has 1 aliphatic heterocycles. The SMILES string of the molecule is C1CCC(CN[C@@H]2[C@H]3[C@H]4[C@@H]5C[C@@H]6[C@H]4[C@H]3C3(OCCO3)[C@@H]6[C@@H]52)CC1. The number of rotatable bonds is 3. The number of hydrogen-bond donors (Lipinski definition) is 1. The summed E-state index contributed by atoms with van der Waals surface area (Å²) in [5, 5.41) is 4.12. The van der Waals surface area contributed by atoms with E-state index >= 15 is 0 Å². The van der Waals surface area contributed by atoms with E-state index in [1.54, 1.807) is 0 Å². The zero-order valence-electron chi connectivity index (χ0n) is 14.0. The fraction of sp³-hybridized carbons (Fsp3) is 1.00. The van der Waals surface area contributed by atoms with Crippen LogP contribution in [0, 0.1) is 53.3 Å². The molecule has 9 atom stereocenters. The van der Waals surface area contributed by atoms with Crippen LogP contribution in [0.25, 0.3) is 0 Å². The molecule has 6 aliphatic carbocycles. The van der Waals surface area contributed by atoms with Crippen molar-refractivity contribution in [3.63, 3.8) is 0 Å². The van der Waals surface area contributed by atoms with Gasteiger partial charge in [-0.1, -0.05) is 19.3 Å². The van der Waals surface area contributed by atoms with Crippen LogP contribution in [-0.2, 0) is 9.47 Å². The maximum atomic E-state index is 6.36. The summed E-state index contributed by atoms with van der Waals surface area (Å²) in [6.07, 6.45) is 8.85. The van der Waals surface area contributed by atoms with Gasteiger partial charge in [0.05, 0.1) is 13.2 Å². The molecule has 7 fully saturated rings. The van der Waals surface area contributed by atoms with Gasteiger partial charge in [-0.3, -0.25) is 0 Å². The smallest absolute Gasteiger partial charge is 0.175 e. The largest absolute Gasteiger partial charge is 0.347 e. The van der Waals surface area contributed by atoms with Crippen LogP contribution in [0.4, 0.5) is 0 Å². The summed E-state index contributed by atoms with van der Waals surface area (Å²) < 4.78 is 12.7. The van der Waals surface area contributed by atoms with Gasteiger partial charge in [-0.2, -0.15) is 0 Å². The summed E-state index contributed by atoms with van der Waals surface area (Å²) in [6.45, 7) is 2.99. The Labute approximate surface area is 138 Å². The Kier molecular flexibility index (Phi) is 2.38. The van der Waals surface area contributed by atoms with Gasteiger partial charge in [0.1, 0.15) is 0 Å². The molecule has 1 heterocycles. The molecule has 0 radical (unpaired) electrons. The van der Waals surface area contributed by atoms with Gasteiger partial charge in [0.25, 0.3) is 0 Å². The second-order valence-corrected chi connectivity index (χ2v) is 9.78. The van der Waals surface area contributed by atoms with Crippen LogP contribution >= 0.6 is 0 Å². The van der Waals surface area contributed by atoms with Crippen molar-refractivity contribution < 1.29 is 9.47 Å². The molecule has 126 valence electrons. The highest BCUT2D eigenvalue weighted by molar-refractivity contribution is 5.34. The molecule has 1 saturated heterocycles. The molecule has 6 saturated carbocycles. The minimum atomic E-state index is -0.116. The average Bonchev–Trinajstić information content (AvgIpc) is 3.24. The van der Waals surface area contributed by atoms with Crippen molar-refractivity contribution >= 4 is 0 Å². The third-order valence-electron chi connectivity index (χ3n) is 9.49. The normalized spacial score (nSPS) is 60.3. The van der Waals surface area contributed by atoms with Crippen LogP contribution in [0.2, 0.25) is 0 Å². The summed E-state index contributed by atoms with van der Waals surface area (Å²) in [4.78, 5) is 0. The van der Waals surface area contributed by atoms with Gasteiger partial charge in [-0.15, -0.1) is 0 Å². The zero-order valence-corrected chi connectivity index (χ0v) is 14.0. The third-order valence-corrected chi connectivity index (χ3v) is 9.49. The highest BCUT2D eigenvalue weighted by atomic mass is 16.7. The molecule has 2 bridgehead atoms. The Balaban J connectivity index is 1.18. The predicted molar refractivity (Wildman–Crippen MR) is 85.5 cm³/mol. The molecule has 0 amide bonds. The van der Waals surface area contributed by atoms with Crippen LogP contribution in [0.3, 0.4) is 0 Å². The Morgan fingerprint density at radius 3 is 2.48 bits per heavy atom. The molecular weight excluding hydrogens is 286 g/mol. The first-order valence-corrected chi connectivity index (χ1v) is 10.4. The highest BCUT2D eigenvalue weighted by Gasteiger charge is 2.88. The molecule has 1 spiro atoms. The predicted octanol–water partition coefficient (Wildman–Crippen LogP) is 2.66. The summed E-state index contributed by atoms with van der Waals surface area (Å²) in [6, 6.07) is 0.809. The first-order chi connectivity index (χ1) is 11.4. The first kappa shape index (κ1) is 13.1. The lowest BCUT2D eigenvalue weighted by molar-refractivity contribution is -0.264. The topological polar surface area (TPSA) is 30.5 Å². The molecule has 0 unspecified atom stereocenters.